The highest BCUT2D eigenvalue weighted by molar-refractivity contribution is 9.10. The molecule has 1 saturated carbocycles. The number of fused-ring (bicyclic) bond motifs is 1. The van der Waals surface area contributed by atoms with Crippen molar-refractivity contribution in [3.63, 3.8) is 0 Å². The molecule has 3 heteroatoms. The zero-order valence-corrected chi connectivity index (χ0v) is 13.5. The second kappa shape index (κ2) is 4.78. The van der Waals surface area contributed by atoms with Crippen LogP contribution in [-0.2, 0) is 0 Å². The molecule has 104 valence electrons. The van der Waals surface area contributed by atoms with Gasteiger partial charge in [0.25, 0.3) is 0 Å². The van der Waals surface area contributed by atoms with E-state index in [1.54, 1.807) is 0 Å². The van der Waals surface area contributed by atoms with Gasteiger partial charge in [-0.25, -0.2) is 0 Å². The molecule has 1 fully saturated rings. The molecule has 0 saturated heterocycles. The van der Waals surface area contributed by atoms with Crippen molar-refractivity contribution in [1.82, 2.24) is 5.32 Å². The Hall–Kier alpha value is -0.540. The van der Waals surface area contributed by atoms with Gasteiger partial charge in [0.15, 0.2) is 0 Å². The van der Waals surface area contributed by atoms with Crippen molar-refractivity contribution in [2.75, 3.05) is 7.05 Å². The van der Waals surface area contributed by atoms with Crippen LogP contribution in [0.4, 0.5) is 0 Å². The van der Waals surface area contributed by atoms with Gasteiger partial charge in [0.1, 0.15) is 11.4 Å². The van der Waals surface area contributed by atoms with Gasteiger partial charge in [0.05, 0.1) is 0 Å². The maximum Gasteiger partial charge on any atom is 0.126 e. The van der Waals surface area contributed by atoms with Crippen molar-refractivity contribution in [3.8, 4) is 5.75 Å². The average molecular weight is 324 g/mol. The van der Waals surface area contributed by atoms with Crippen molar-refractivity contribution in [1.29, 1.82) is 0 Å². The Balaban J connectivity index is 1.86. The second-order valence-corrected chi connectivity index (χ2v) is 7.34. The molecule has 0 bridgehead atoms. The fourth-order valence-electron chi connectivity index (χ4n) is 3.52. The molecular formula is C16H22BrNO. The van der Waals surface area contributed by atoms with Crippen LogP contribution < -0.4 is 10.1 Å². The van der Waals surface area contributed by atoms with Crippen LogP contribution in [0.15, 0.2) is 22.7 Å². The van der Waals surface area contributed by atoms with Gasteiger partial charge in [-0.05, 0) is 43.9 Å². The van der Waals surface area contributed by atoms with E-state index < -0.39 is 0 Å². The molecule has 1 aromatic rings. The zero-order valence-electron chi connectivity index (χ0n) is 11.9. The van der Waals surface area contributed by atoms with E-state index in [2.05, 4.69) is 53.3 Å². The Morgan fingerprint density at radius 3 is 2.68 bits per heavy atom. The van der Waals surface area contributed by atoms with Gasteiger partial charge in [-0.2, -0.15) is 0 Å². The molecule has 1 aliphatic heterocycles. The van der Waals surface area contributed by atoms with Gasteiger partial charge < -0.3 is 10.1 Å². The lowest BCUT2D eigenvalue weighted by Gasteiger charge is -2.53. The summed E-state index contributed by atoms with van der Waals surface area (Å²) in [5.41, 5.74) is 1.38. The summed E-state index contributed by atoms with van der Waals surface area (Å²) in [6, 6.07) is 6.81. The molecule has 1 N–H and O–H groups in total. The quantitative estimate of drug-likeness (QED) is 0.876. The molecule has 1 unspecified atom stereocenters. The van der Waals surface area contributed by atoms with Crippen molar-refractivity contribution in [3.05, 3.63) is 28.2 Å². The Morgan fingerprint density at radius 2 is 2.05 bits per heavy atom. The Labute approximate surface area is 124 Å². The lowest BCUT2D eigenvalue weighted by Crippen LogP contribution is -2.54. The smallest absolute Gasteiger partial charge is 0.126 e. The van der Waals surface area contributed by atoms with E-state index in [0.29, 0.717) is 6.04 Å². The molecule has 1 heterocycles. The van der Waals surface area contributed by atoms with Gasteiger partial charge in [0, 0.05) is 22.5 Å². The maximum atomic E-state index is 6.38. The lowest BCUT2D eigenvalue weighted by molar-refractivity contribution is -0.0868. The highest BCUT2D eigenvalue weighted by Gasteiger charge is 2.51. The Kier molecular flexibility index (Phi) is 3.38. The van der Waals surface area contributed by atoms with Gasteiger partial charge in [-0.15, -0.1) is 0 Å². The van der Waals surface area contributed by atoms with E-state index in [-0.39, 0.29) is 5.60 Å². The number of rotatable bonds is 2. The predicted molar refractivity (Wildman–Crippen MR) is 81.5 cm³/mol. The van der Waals surface area contributed by atoms with Crippen molar-refractivity contribution >= 4 is 15.9 Å². The van der Waals surface area contributed by atoms with E-state index in [4.69, 9.17) is 4.74 Å². The molecule has 1 atom stereocenters. The maximum absolute atomic E-state index is 6.38. The summed E-state index contributed by atoms with van der Waals surface area (Å²) in [4.78, 5) is 0. The summed E-state index contributed by atoms with van der Waals surface area (Å²) >= 11 is 3.54. The minimum absolute atomic E-state index is 0.0798. The summed E-state index contributed by atoms with van der Waals surface area (Å²) in [5.74, 6) is 2.65. The lowest BCUT2D eigenvalue weighted by atomic mass is 9.62. The first-order chi connectivity index (χ1) is 9.03. The highest BCUT2D eigenvalue weighted by atomic mass is 79.9. The molecule has 0 radical (unpaired) electrons. The number of halogens is 1. The van der Waals surface area contributed by atoms with E-state index in [1.165, 1.54) is 18.4 Å². The van der Waals surface area contributed by atoms with Crippen LogP contribution in [0.25, 0.3) is 0 Å². The monoisotopic (exact) mass is 323 g/mol. The number of ether oxygens (including phenoxy) is 1. The number of hydrogen-bond acceptors (Lipinski definition) is 2. The third-order valence-corrected chi connectivity index (χ3v) is 5.31. The molecular weight excluding hydrogens is 302 g/mol. The standard InChI is InChI=1S/C16H22BrNO/c1-10(2)11-7-16(8-11)9-14(18-3)13-5-4-12(17)6-15(13)19-16/h4-6,10-11,14,18H,7-9H2,1-3H3. The second-order valence-electron chi connectivity index (χ2n) is 6.42. The molecule has 1 aliphatic carbocycles. The van der Waals surface area contributed by atoms with Crippen molar-refractivity contribution in [2.45, 2.75) is 44.8 Å². The van der Waals surface area contributed by atoms with Crippen LogP contribution in [-0.4, -0.2) is 12.6 Å². The summed E-state index contributed by atoms with van der Waals surface area (Å²) in [6.07, 6.45) is 3.50. The van der Waals surface area contributed by atoms with Crippen LogP contribution in [0.3, 0.4) is 0 Å². The van der Waals surface area contributed by atoms with E-state index >= 15 is 0 Å². The molecule has 3 rings (SSSR count). The largest absolute Gasteiger partial charge is 0.487 e. The normalized spacial score (nSPS) is 32.9. The van der Waals surface area contributed by atoms with Crippen LogP contribution in [0.5, 0.6) is 5.75 Å². The first-order valence-corrected chi connectivity index (χ1v) is 7.98. The van der Waals surface area contributed by atoms with Crippen molar-refractivity contribution in [2.24, 2.45) is 11.8 Å². The number of hydrogen-bond donors (Lipinski definition) is 1. The molecule has 1 aromatic carbocycles. The summed E-state index contributed by atoms with van der Waals surface area (Å²) < 4.78 is 7.47. The van der Waals surface area contributed by atoms with Crippen LogP contribution in [0, 0.1) is 11.8 Å². The minimum Gasteiger partial charge on any atom is -0.487 e. The third kappa shape index (κ3) is 2.31. The van der Waals surface area contributed by atoms with E-state index in [0.717, 1.165) is 28.5 Å². The molecule has 0 aromatic heterocycles. The first kappa shape index (κ1) is 13.4. The average Bonchev–Trinajstić information content (AvgIpc) is 2.33. The van der Waals surface area contributed by atoms with Crippen LogP contribution >= 0.6 is 15.9 Å². The van der Waals surface area contributed by atoms with Crippen LogP contribution in [0.2, 0.25) is 0 Å². The predicted octanol–water partition coefficient (Wildman–Crippen LogP) is 4.30. The molecule has 1 spiro atoms. The minimum atomic E-state index is 0.0798. The fraction of sp³-hybridized carbons (Fsp3) is 0.625. The molecule has 2 aliphatic rings. The molecule has 0 amide bonds. The van der Waals surface area contributed by atoms with Gasteiger partial charge in [-0.1, -0.05) is 35.8 Å². The summed E-state index contributed by atoms with van der Waals surface area (Å²) in [7, 11) is 2.05. The summed E-state index contributed by atoms with van der Waals surface area (Å²) in [5, 5.41) is 3.45. The van der Waals surface area contributed by atoms with Crippen LogP contribution in [0.1, 0.15) is 44.7 Å². The van der Waals surface area contributed by atoms with Crippen molar-refractivity contribution < 1.29 is 4.74 Å². The zero-order chi connectivity index (χ0) is 13.6. The molecule has 19 heavy (non-hydrogen) atoms. The molecule has 2 nitrogen and oxygen atoms in total. The topological polar surface area (TPSA) is 21.3 Å². The van der Waals surface area contributed by atoms with Gasteiger partial charge >= 0.3 is 0 Å². The summed E-state index contributed by atoms with van der Waals surface area (Å²) in [6.45, 7) is 4.64. The number of nitrogens with one attached hydrogen (secondary N) is 1. The van der Waals surface area contributed by atoms with Gasteiger partial charge in [0.2, 0.25) is 0 Å². The first-order valence-electron chi connectivity index (χ1n) is 7.19. The number of benzene rings is 1. The van der Waals surface area contributed by atoms with E-state index in [1.807, 2.05) is 7.05 Å². The Morgan fingerprint density at radius 1 is 1.32 bits per heavy atom. The fourth-order valence-corrected chi connectivity index (χ4v) is 3.86. The third-order valence-electron chi connectivity index (χ3n) is 4.81. The SMILES string of the molecule is CNC1CC2(CC(C(C)C)C2)Oc2cc(Br)ccc21. The van der Waals surface area contributed by atoms with Gasteiger partial charge in [-0.3, -0.25) is 0 Å². The van der Waals surface area contributed by atoms with E-state index in [9.17, 15) is 0 Å². The highest BCUT2D eigenvalue weighted by Crippen LogP contribution is 2.53. The Bertz CT molecular complexity index is 480.